The van der Waals surface area contributed by atoms with Crippen molar-refractivity contribution in [1.29, 1.82) is 5.26 Å². The van der Waals surface area contributed by atoms with Crippen molar-refractivity contribution in [1.82, 2.24) is 4.57 Å². The van der Waals surface area contributed by atoms with Gasteiger partial charge in [0.1, 0.15) is 0 Å². The molecule has 0 radical (unpaired) electrons. The molecular formula is C18H14N2OS. The van der Waals surface area contributed by atoms with Crippen molar-refractivity contribution in [3.05, 3.63) is 57.7 Å². The number of nitriles is 1. The zero-order valence-electron chi connectivity index (χ0n) is 12.0. The van der Waals surface area contributed by atoms with Crippen LogP contribution < -0.4 is 4.87 Å². The molecule has 0 saturated heterocycles. The number of benzene rings is 2. The van der Waals surface area contributed by atoms with Crippen LogP contribution in [0.25, 0.3) is 21.3 Å². The van der Waals surface area contributed by atoms with Gasteiger partial charge in [-0.15, -0.1) is 0 Å². The highest BCUT2D eigenvalue weighted by molar-refractivity contribution is 7.16. The third-order valence-electron chi connectivity index (χ3n) is 4.13. The second kappa shape index (κ2) is 5.11. The number of hydrogen-bond donors (Lipinski definition) is 0. The van der Waals surface area contributed by atoms with Crippen molar-refractivity contribution in [3.8, 4) is 17.2 Å². The Morgan fingerprint density at radius 1 is 1.18 bits per heavy atom. The van der Waals surface area contributed by atoms with Crippen LogP contribution in [0, 0.1) is 17.2 Å². The summed E-state index contributed by atoms with van der Waals surface area (Å²) >= 11 is 1.31. The lowest BCUT2D eigenvalue weighted by atomic mass is 10.0. The normalized spacial score (nSPS) is 14.1. The third-order valence-corrected chi connectivity index (χ3v) is 5.07. The average Bonchev–Trinajstić information content (AvgIpc) is 3.31. The van der Waals surface area contributed by atoms with Crippen LogP contribution in [0.2, 0.25) is 0 Å². The van der Waals surface area contributed by atoms with Gasteiger partial charge in [-0.25, -0.2) is 0 Å². The molecule has 0 amide bonds. The van der Waals surface area contributed by atoms with E-state index in [9.17, 15) is 4.79 Å². The van der Waals surface area contributed by atoms with Gasteiger partial charge < -0.3 is 0 Å². The molecule has 0 aliphatic heterocycles. The summed E-state index contributed by atoms with van der Waals surface area (Å²) in [7, 11) is 0. The van der Waals surface area contributed by atoms with Crippen LogP contribution in [0.15, 0.2) is 47.3 Å². The first kappa shape index (κ1) is 13.3. The van der Waals surface area contributed by atoms with Gasteiger partial charge in [-0.1, -0.05) is 29.5 Å². The molecule has 0 unspecified atom stereocenters. The van der Waals surface area contributed by atoms with Crippen LogP contribution >= 0.6 is 11.3 Å². The van der Waals surface area contributed by atoms with Crippen LogP contribution in [0.5, 0.6) is 0 Å². The van der Waals surface area contributed by atoms with Crippen LogP contribution in [0.1, 0.15) is 18.4 Å². The summed E-state index contributed by atoms with van der Waals surface area (Å²) in [5, 5.41) is 9.02. The summed E-state index contributed by atoms with van der Waals surface area (Å²) in [6.07, 6.45) is 2.48. The maximum absolute atomic E-state index is 12.2. The lowest BCUT2D eigenvalue weighted by molar-refractivity contribution is 0.637. The first-order valence-electron chi connectivity index (χ1n) is 7.38. The van der Waals surface area contributed by atoms with Crippen LogP contribution in [-0.2, 0) is 6.54 Å². The van der Waals surface area contributed by atoms with Crippen LogP contribution in [-0.4, -0.2) is 4.57 Å². The van der Waals surface area contributed by atoms with E-state index in [1.807, 2.05) is 34.9 Å². The molecule has 1 fully saturated rings. The van der Waals surface area contributed by atoms with Gasteiger partial charge in [0.2, 0.25) is 0 Å². The predicted octanol–water partition coefficient (Wildman–Crippen LogP) is 4.01. The molecule has 4 heteroatoms. The molecule has 1 aliphatic carbocycles. The molecule has 22 heavy (non-hydrogen) atoms. The minimum atomic E-state index is 0.129. The molecule has 1 heterocycles. The van der Waals surface area contributed by atoms with E-state index in [2.05, 4.69) is 12.1 Å². The molecule has 1 aromatic heterocycles. The maximum atomic E-state index is 12.2. The van der Waals surface area contributed by atoms with E-state index in [1.54, 1.807) is 6.07 Å². The van der Waals surface area contributed by atoms with E-state index in [0.717, 1.165) is 27.9 Å². The number of thiazole rings is 1. The highest BCUT2D eigenvalue weighted by Crippen LogP contribution is 2.32. The first-order chi connectivity index (χ1) is 10.7. The molecule has 3 nitrogen and oxygen atoms in total. The molecule has 0 atom stereocenters. The van der Waals surface area contributed by atoms with E-state index >= 15 is 0 Å². The summed E-state index contributed by atoms with van der Waals surface area (Å²) in [6, 6.07) is 15.8. The lowest BCUT2D eigenvalue weighted by Gasteiger charge is -2.04. The molecule has 4 rings (SSSR count). The van der Waals surface area contributed by atoms with Crippen molar-refractivity contribution in [2.45, 2.75) is 19.4 Å². The Balaban J connectivity index is 1.80. The van der Waals surface area contributed by atoms with Crippen molar-refractivity contribution in [3.63, 3.8) is 0 Å². The fourth-order valence-electron chi connectivity index (χ4n) is 2.75. The number of fused-ring (bicyclic) bond motifs is 1. The van der Waals surface area contributed by atoms with Gasteiger partial charge in [0.15, 0.2) is 0 Å². The van der Waals surface area contributed by atoms with E-state index in [4.69, 9.17) is 5.26 Å². The standard InChI is InChI=1S/C18H14N2OS/c19-10-13-2-1-3-14(8-13)15-6-7-16-17(9-15)22-18(21)20(16)11-12-4-5-12/h1-3,6-9,12H,4-5,11H2. The summed E-state index contributed by atoms with van der Waals surface area (Å²) in [6.45, 7) is 0.849. The maximum Gasteiger partial charge on any atom is 0.308 e. The molecule has 108 valence electrons. The lowest BCUT2D eigenvalue weighted by Crippen LogP contribution is -2.13. The number of aromatic nitrogens is 1. The van der Waals surface area contributed by atoms with Crippen LogP contribution in [0.3, 0.4) is 0 Å². The van der Waals surface area contributed by atoms with Gasteiger partial charge in [0, 0.05) is 6.54 Å². The van der Waals surface area contributed by atoms with Gasteiger partial charge in [-0.05, 0) is 54.2 Å². The quantitative estimate of drug-likeness (QED) is 0.734. The molecule has 3 aromatic rings. The fraction of sp³-hybridized carbons (Fsp3) is 0.222. The first-order valence-corrected chi connectivity index (χ1v) is 8.20. The Kier molecular flexibility index (Phi) is 3.09. The van der Waals surface area contributed by atoms with E-state index < -0.39 is 0 Å². The SMILES string of the molecule is N#Cc1cccc(-c2ccc3c(c2)sc(=O)n3CC2CC2)c1. The molecule has 1 aliphatic rings. The zero-order chi connectivity index (χ0) is 15.1. The Bertz CT molecular complexity index is 957. The van der Waals surface area contributed by atoms with Crippen LogP contribution in [0.4, 0.5) is 0 Å². The second-order valence-electron chi connectivity index (χ2n) is 5.80. The largest absolute Gasteiger partial charge is 0.308 e. The highest BCUT2D eigenvalue weighted by Gasteiger charge is 2.23. The summed E-state index contributed by atoms with van der Waals surface area (Å²) in [5.41, 5.74) is 3.74. The molecule has 1 saturated carbocycles. The molecule has 0 N–H and O–H groups in total. The Morgan fingerprint density at radius 2 is 2.00 bits per heavy atom. The number of hydrogen-bond acceptors (Lipinski definition) is 3. The topological polar surface area (TPSA) is 45.8 Å². The van der Waals surface area contributed by atoms with Crippen molar-refractivity contribution in [2.24, 2.45) is 5.92 Å². The van der Waals surface area contributed by atoms with Crippen molar-refractivity contribution in [2.75, 3.05) is 0 Å². The average molecular weight is 306 g/mol. The van der Waals surface area contributed by atoms with Gasteiger partial charge >= 0.3 is 4.87 Å². The van der Waals surface area contributed by atoms with Crippen molar-refractivity contribution >= 4 is 21.6 Å². The second-order valence-corrected chi connectivity index (χ2v) is 6.79. The highest BCUT2D eigenvalue weighted by atomic mass is 32.1. The Morgan fingerprint density at radius 3 is 2.77 bits per heavy atom. The van der Waals surface area contributed by atoms with E-state index in [1.165, 1.54) is 24.2 Å². The minimum Gasteiger partial charge on any atom is -0.298 e. The predicted molar refractivity (Wildman–Crippen MR) is 89.0 cm³/mol. The molecular weight excluding hydrogens is 292 g/mol. The van der Waals surface area contributed by atoms with E-state index in [0.29, 0.717) is 11.5 Å². The van der Waals surface area contributed by atoms with Crippen molar-refractivity contribution < 1.29 is 0 Å². The van der Waals surface area contributed by atoms with Gasteiger partial charge in [-0.3, -0.25) is 9.36 Å². The number of nitrogens with zero attached hydrogens (tertiary/aromatic N) is 2. The van der Waals surface area contributed by atoms with Gasteiger partial charge in [0.25, 0.3) is 0 Å². The fourth-order valence-corrected chi connectivity index (χ4v) is 3.69. The Hall–Kier alpha value is -2.38. The monoisotopic (exact) mass is 306 g/mol. The van der Waals surface area contributed by atoms with Gasteiger partial charge in [-0.2, -0.15) is 5.26 Å². The summed E-state index contributed by atoms with van der Waals surface area (Å²) in [4.78, 5) is 12.3. The zero-order valence-corrected chi connectivity index (χ0v) is 12.8. The summed E-state index contributed by atoms with van der Waals surface area (Å²) < 4.78 is 2.93. The Labute approximate surface area is 132 Å². The van der Waals surface area contributed by atoms with Gasteiger partial charge in [0.05, 0.1) is 21.8 Å². The third kappa shape index (κ3) is 2.34. The molecule has 0 spiro atoms. The smallest absolute Gasteiger partial charge is 0.298 e. The molecule has 0 bridgehead atoms. The summed E-state index contributed by atoms with van der Waals surface area (Å²) in [5.74, 6) is 0.683. The molecule has 2 aromatic carbocycles. The minimum absolute atomic E-state index is 0.129. The number of rotatable bonds is 3. The van der Waals surface area contributed by atoms with E-state index in [-0.39, 0.29) is 4.87 Å².